The number of halogens is 1. The van der Waals surface area contributed by atoms with Gasteiger partial charge in [-0.05, 0) is 80.9 Å². The Labute approximate surface area is 158 Å². The van der Waals surface area contributed by atoms with Crippen molar-refractivity contribution < 1.29 is 0 Å². The molecule has 4 bridgehead atoms. The van der Waals surface area contributed by atoms with Gasteiger partial charge in [-0.1, -0.05) is 23.7 Å². The van der Waals surface area contributed by atoms with E-state index in [0.717, 1.165) is 48.3 Å². The molecule has 2 aromatic rings. The first-order valence-corrected chi connectivity index (χ1v) is 10.0. The maximum absolute atomic E-state index is 13.1. The highest BCUT2D eigenvalue weighted by molar-refractivity contribution is 6.33. The predicted octanol–water partition coefficient (Wildman–Crippen LogP) is 4.87. The summed E-state index contributed by atoms with van der Waals surface area (Å²) in [6, 6.07) is 8.01. The first-order valence-electron chi connectivity index (χ1n) is 9.64. The second-order valence-corrected chi connectivity index (χ2v) is 9.10. The first kappa shape index (κ1) is 16.4. The van der Waals surface area contributed by atoms with Gasteiger partial charge < -0.3 is 5.32 Å². The van der Waals surface area contributed by atoms with Crippen LogP contribution >= 0.6 is 11.6 Å². The Morgan fingerprint density at radius 1 is 1.15 bits per heavy atom. The molecule has 1 heterocycles. The number of nitrogens with one attached hydrogen (secondary N) is 1. The largest absolute Gasteiger partial charge is 0.353 e. The van der Waals surface area contributed by atoms with Crippen molar-refractivity contribution in [2.75, 3.05) is 5.32 Å². The molecule has 4 nitrogen and oxygen atoms in total. The van der Waals surface area contributed by atoms with Gasteiger partial charge in [-0.3, -0.25) is 4.79 Å². The van der Waals surface area contributed by atoms with Crippen LogP contribution in [0, 0.1) is 24.7 Å². The Hall–Kier alpha value is -1.81. The van der Waals surface area contributed by atoms with E-state index in [9.17, 15) is 4.79 Å². The summed E-state index contributed by atoms with van der Waals surface area (Å²) < 4.78 is 1.74. The lowest BCUT2D eigenvalue weighted by Crippen LogP contribution is -2.55. The van der Waals surface area contributed by atoms with Gasteiger partial charge >= 0.3 is 0 Å². The van der Waals surface area contributed by atoms with E-state index in [-0.39, 0.29) is 16.1 Å². The van der Waals surface area contributed by atoms with E-state index in [0.29, 0.717) is 5.69 Å². The molecule has 136 valence electrons. The van der Waals surface area contributed by atoms with Crippen LogP contribution in [0.15, 0.2) is 35.3 Å². The van der Waals surface area contributed by atoms with Crippen molar-refractivity contribution in [1.29, 1.82) is 0 Å². The summed E-state index contributed by atoms with van der Waals surface area (Å²) in [6.45, 7) is 2.04. The zero-order chi connectivity index (χ0) is 17.9. The molecule has 0 aliphatic heterocycles. The van der Waals surface area contributed by atoms with Gasteiger partial charge in [0.05, 0.1) is 17.4 Å². The molecule has 6 rings (SSSR count). The lowest BCUT2D eigenvalue weighted by molar-refractivity contribution is -0.0518. The third kappa shape index (κ3) is 2.58. The van der Waals surface area contributed by atoms with Crippen LogP contribution in [0.2, 0.25) is 5.02 Å². The van der Waals surface area contributed by atoms with E-state index < -0.39 is 0 Å². The normalized spacial score (nSPS) is 32.0. The molecule has 0 radical (unpaired) electrons. The number of aromatic nitrogens is 2. The minimum Gasteiger partial charge on any atom is -0.353 e. The highest BCUT2D eigenvalue weighted by Gasteiger charge is 2.53. The zero-order valence-corrected chi connectivity index (χ0v) is 15.8. The van der Waals surface area contributed by atoms with Crippen LogP contribution in [0.1, 0.15) is 44.1 Å². The van der Waals surface area contributed by atoms with Crippen LogP contribution in [0.25, 0.3) is 0 Å². The third-order valence-electron chi connectivity index (χ3n) is 6.67. The van der Waals surface area contributed by atoms with Crippen molar-refractivity contribution in [3.63, 3.8) is 0 Å². The summed E-state index contributed by atoms with van der Waals surface area (Å²) in [4.78, 5) is 13.1. The van der Waals surface area contributed by atoms with Crippen molar-refractivity contribution in [3.05, 3.63) is 51.4 Å². The molecule has 5 heteroatoms. The fraction of sp³-hybridized carbons (Fsp3) is 0.524. The Kier molecular flexibility index (Phi) is 3.68. The number of benzene rings is 1. The van der Waals surface area contributed by atoms with Crippen molar-refractivity contribution in [2.24, 2.45) is 17.8 Å². The fourth-order valence-corrected chi connectivity index (χ4v) is 6.24. The molecule has 4 saturated carbocycles. The number of anilines is 2. The standard InChI is InChI=1S/C21H24ClN3O/c1-13-3-2-4-17(5-13)24-18-12-23-25(20(26)19(18)22)21-9-14-6-15(10-21)8-16(7-14)11-21/h2-5,12,14-16,24H,6-11H2,1H3. The summed E-state index contributed by atoms with van der Waals surface area (Å²) in [6.07, 6.45) is 9.02. The Morgan fingerprint density at radius 2 is 1.81 bits per heavy atom. The molecular formula is C21H24ClN3O. The van der Waals surface area contributed by atoms with Crippen LogP contribution in [0.4, 0.5) is 11.4 Å². The van der Waals surface area contributed by atoms with E-state index in [1.165, 1.54) is 19.3 Å². The van der Waals surface area contributed by atoms with E-state index in [1.807, 2.05) is 31.2 Å². The number of rotatable bonds is 3. The molecule has 0 unspecified atom stereocenters. The molecule has 0 spiro atoms. The SMILES string of the molecule is Cc1cccc(Nc2cnn(C34CC5CC(CC(C5)C3)C4)c(=O)c2Cl)c1. The second-order valence-electron chi connectivity index (χ2n) is 8.73. The Balaban J connectivity index is 1.50. The van der Waals surface area contributed by atoms with E-state index >= 15 is 0 Å². The lowest BCUT2D eigenvalue weighted by Gasteiger charge is -2.56. The van der Waals surface area contributed by atoms with Crippen molar-refractivity contribution in [3.8, 4) is 0 Å². The van der Waals surface area contributed by atoms with Crippen LogP contribution < -0.4 is 10.9 Å². The van der Waals surface area contributed by atoms with E-state index in [2.05, 4.69) is 10.4 Å². The summed E-state index contributed by atoms with van der Waals surface area (Å²) in [7, 11) is 0. The molecule has 1 aromatic carbocycles. The smallest absolute Gasteiger partial charge is 0.288 e. The molecule has 1 aromatic heterocycles. The highest BCUT2D eigenvalue weighted by atomic mass is 35.5. The highest BCUT2D eigenvalue weighted by Crippen LogP contribution is 2.58. The summed E-state index contributed by atoms with van der Waals surface area (Å²) in [5.41, 5.74) is 2.41. The molecule has 0 atom stereocenters. The molecule has 26 heavy (non-hydrogen) atoms. The van der Waals surface area contributed by atoms with Gasteiger partial charge in [0.1, 0.15) is 5.02 Å². The summed E-state index contributed by atoms with van der Waals surface area (Å²) >= 11 is 6.49. The monoisotopic (exact) mass is 369 g/mol. The van der Waals surface area contributed by atoms with Gasteiger partial charge in [-0.25, -0.2) is 4.68 Å². The quantitative estimate of drug-likeness (QED) is 0.839. The third-order valence-corrected chi connectivity index (χ3v) is 7.04. The Morgan fingerprint density at radius 3 is 2.42 bits per heavy atom. The summed E-state index contributed by atoms with van der Waals surface area (Å²) in [5, 5.41) is 8.10. The second kappa shape index (κ2) is 5.85. The van der Waals surface area contributed by atoms with Crippen LogP contribution in [-0.4, -0.2) is 9.78 Å². The van der Waals surface area contributed by atoms with E-state index in [4.69, 9.17) is 11.6 Å². The summed E-state index contributed by atoms with van der Waals surface area (Å²) in [5.74, 6) is 2.29. The van der Waals surface area contributed by atoms with Crippen LogP contribution in [0.5, 0.6) is 0 Å². The fourth-order valence-electron chi connectivity index (χ4n) is 6.06. The van der Waals surface area contributed by atoms with Gasteiger partial charge in [0.2, 0.25) is 0 Å². The van der Waals surface area contributed by atoms with Gasteiger partial charge in [-0.2, -0.15) is 5.10 Å². The molecule has 4 aliphatic rings. The number of aryl methyl sites for hydroxylation is 1. The average Bonchev–Trinajstić information content (AvgIpc) is 2.58. The molecule has 1 N–H and O–H groups in total. The number of hydrogen-bond donors (Lipinski definition) is 1. The van der Waals surface area contributed by atoms with Gasteiger partial charge in [-0.15, -0.1) is 0 Å². The van der Waals surface area contributed by atoms with Gasteiger partial charge in [0.25, 0.3) is 5.56 Å². The predicted molar refractivity (Wildman–Crippen MR) is 104 cm³/mol. The molecule has 0 amide bonds. The van der Waals surface area contributed by atoms with E-state index in [1.54, 1.807) is 10.9 Å². The first-order chi connectivity index (χ1) is 12.5. The van der Waals surface area contributed by atoms with Crippen LogP contribution in [-0.2, 0) is 5.54 Å². The molecular weight excluding hydrogens is 346 g/mol. The molecule has 0 saturated heterocycles. The number of nitrogens with zero attached hydrogens (tertiary/aromatic N) is 2. The Bertz CT molecular complexity index is 884. The van der Waals surface area contributed by atoms with Crippen molar-refractivity contribution in [1.82, 2.24) is 9.78 Å². The van der Waals surface area contributed by atoms with Gasteiger partial charge in [0.15, 0.2) is 0 Å². The molecule has 4 fully saturated rings. The average molecular weight is 370 g/mol. The van der Waals surface area contributed by atoms with Gasteiger partial charge in [0, 0.05) is 5.69 Å². The minimum atomic E-state index is -0.147. The lowest BCUT2D eigenvalue weighted by atomic mass is 9.53. The topological polar surface area (TPSA) is 46.9 Å². The number of hydrogen-bond acceptors (Lipinski definition) is 3. The molecule has 4 aliphatic carbocycles. The zero-order valence-electron chi connectivity index (χ0n) is 15.0. The maximum atomic E-state index is 13.1. The van der Waals surface area contributed by atoms with Crippen LogP contribution in [0.3, 0.4) is 0 Å². The van der Waals surface area contributed by atoms with Crippen molar-refractivity contribution in [2.45, 2.75) is 51.0 Å². The minimum absolute atomic E-state index is 0.0999. The maximum Gasteiger partial charge on any atom is 0.288 e. The van der Waals surface area contributed by atoms with Crippen molar-refractivity contribution >= 4 is 23.0 Å².